The van der Waals surface area contributed by atoms with Gasteiger partial charge in [0, 0.05) is 36.7 Å². The lowest BCUT2D eigenvalue weighted by molar-refractivity contribution is -0.141. The van der Waals surface area contributed by atoms with Crippen molar-refractivity contribution in [2.75, 3.05) is 33.3 Å². The first kappa shape index (κ1) is 46.2. The zero-order valence-electron chi connectivity index (χ0n) is 35.7. The number of nitrogens with one attached hydrogen (secondary N) is 4. The lowest BCUT2D eigenvalue weighted by Crippen LogP contribution is -2.56. The number of aromatic nitrogens is 1. The number of likely N-dealkylation sites (N-methyl/N-ethyl adjacent to an activating group) is 1. The van der Waals surface area contributed by atoms with Crippen LogP contribution < -0.4 is 37.5 Å². The Balaban J connectivity index is 1.51. The van der Waals surface area contributed by atoms with Gasteiger partial charge in [0.15, 0.2) is 0 Å². The molecule has 9 N–H and O–H groups in total. The van der Waals surface area contributed by atoms with Crippen LogP contribution in [0.3, 0.4) is 0 Å². The number of benzene rings is 3. The lowest BCUT2D eigenvalue weighted by atomic mass is 9.93. The minimum Gasteiger partial charge on any atom is -0.507 e. The summed E-state index contributed by atoms with van der Waals surface area (Å²) >= 11 is 0. The fraction of sp³-hybridized carbons (Fsp3) is 0.370. The molecule has 3 aromatic carbocycles. The number of rotatable bonds is 14. The van der Waals surface area contributed by atoms with Crippen molar-refractivity contribution < 1.29 is 33.8 Å². The molecule has 326 valence electrons. The minimum atomic E-state index is -1.41. The first-order valence-corrected chi connectivity index (χ1v) is 20.5. The number of phenols is 1. The average molecular weight is 846 g/mol. The van der Waals surface area contributed by atoms with Crippen molar-refractivity contribution in [3.8, 4) is 40.0 Å². The SMILES string of the molecule is Cc1nc(-c2ccc(CC(C)C)cc2)ccc1C(=O)N[C@@H](CCN)C(=O)N(C)[C@@H]1C(=O)N[C@@H](C)C(=O)N[C@H](C(=O)NCC#N)Cc2ccc(O)c(c2)-c2cc1ccc2OCCN. The molecule has 0 unspecified atom stereocenters. The quantitative estimate of drug-likeness (QED) is 0.0909. The number of hydrogen-bond donors (Lipinski definition) is 7. The molecule has 1 aromatic heterocycles. The van der Waals surface area contributed by atoms with Crippen LogP contribution in [0.25, 0.3) is 22.4 Å². The third kappa shape index (κ3) is 11.3. The number of carbonyl (C=O) groups is 5. The Hall–Kier alpha value is -6.83. The van der Waals surface area contributed by atoms with Crippen molar-refractivity contribution in [2.24, 2.45) is 17.4 Å². The maximum absolute atomic E-state index is 14.5. The molecule has 0 spiro atoms. The van der Waals surface area contributed by atoms with Crippen LogP contribution in [-0.4, -0.2) is 95.9 Å². The van der Waals surface area contributed by atoms with Gasteiger partial charge in [0.25, 0.3) is 5.91 Å². The van der Waals surface area contributed by atoms with E-state index in [9.17, 15) is 29.1 Å². The Bertz CT molecular complexity index is 2330. The van der Waals surface area contributed by atoms with Crippen LogP contribution in [0.15, 0.2) is 72.8 Å². The van der Waals surface area contributed by atoms with Gasteiger partial charge in [0.2, 0.25) is 23.6 Å². The van der Waals surface area contributed by atoms with Gasteiger partial charge in [-0.05, 0) is 92.2 Å². The van der Waals surface area contributed by atoms with Crippen LogP contribution in [0.5, 0.6) is 11.5 Å². The van der Waals surface area contributed by atoms with Gasteiger partial charge in [-0.2, -0.15) is 5.26 Å². The second kappa shape index (κ2) is 21.1. The van der Waals surface area contributed by atoms with Crippen molar-refractivity contribution in [3.63, 3.8) is 0 Å². The van der Waals surface area contributed by atoms with Crippen LogP contribution >= 0.6 is 0 Å². The van der Waals surface area contributed by atoms with Crippen molar-refractivity contribution in [1.82, 2.24) is 31.2 Å². The van der Waals surface area contributed by atoms with E-state index in [1.165, 1.54) is 25.6 Å². The van der Waals surface area contributed by atoms with Crippen LogP contribution in [0.2, 0.25) is 0 Å². The van der Waals surface area contributed by atoms with Crippen molar-refractivity contribution in [1.29, 1.82) is 5.26 Å². The number of phenolic OH excluding ortho intramolecular Hbond substituents is 1. The van der Waals surface area contributed by atoms with Crippen LogP contribution in [0.1, 0.15) is 66.0 Å². The summed E-state index contributed by atoms with van der Waals surface area (Å²) in [7, 11) is 1.40. The summed E-state index contributed by atoms with van der Waals surface area (Å²) in [6.07, 6.45) is 0.938. The molecule has 0 aliphatic carbocycles. The molecule has 1 aliphatic rings. The van der Waals surface area contributed by atoms with Crippen LogP contribution in [0, 0.1) is 24.2 Å². The Labute approximate surface area is 361 Å². The number of nitrogens with two attached hydrogens (primary N) is 2. The predicted octanol–water partition coefficient (Wildman–Crippen LogP) is 2.80. The monoisotopic (exact) mass is 845 g/mol. The summed E-state index contributed by atoms with van der Waals surface area (Å²) in [5, 5.41) is 30.9. The fourth-order valence-corrected chi connectivity index (χ4v) is 7.33. The van der Waals surface area contributed by atoms with E-state index in [4.69, 9.17) is 26.5 Å². The topological polar surface area (TPSA) is 255 Å². The highest BCUT2D eigenvalue weighted by atomic mass is 16.5. The largest absolute Gasteiger partial charge is 0.507 e. The molecule has 16 heteroatoms. The maximum atomic E-state index is 14.5. The summed E-state index contributed by atoms with van der Waals surface area (Å²) in [6.45, 7) is 7.45. The molecule has 0 saturated heterocycles. The van der Waals surface area contributed by atoms with E-state index in [2.05, 4.69) is 47.2 Å². The van der Waals surface area contributed by atoms with Crippen molar-refractivity contribution in [3.05, 3.63) is 101 Å². The molecule has 0 saturated carbocycles. The number of pyridine rings is 1. The smallest absolute Gasteiger partial charge is 0.253 e. The summed E-state index contributed by atoms with van der Waals surface area (Å²) in [5.74, 6) is -2.68. The minimum absolute atomic E-state index is 0.0115. The molecule has 4 atom stereocenters. The van der Waals surface area contributed by atoms with E-state index in [1.54, 1.807) is 49.4 Å². The lowest BCUT2D eigenvalue weighted by Gasteiger charge is -2.32. The first-order valence-electron chi connectivity index (χ1n) is 20.5. The number of aryl methyl sites for hydroxylation is 1. The number of fused-ring (bicyclic) bond motifs is 5. The maximum Gasteiger partial charge on any atom is 0.253 e. The number of nitrogens with zero attached hydrogens (tertiary/aromatic N) is 3. The number of amides is 5. The zero-order valence-corrected chi connectivity index (χ0v) is 35.7. The van der Waals surface area contributed by atoms with E-state index < -0.39 is 53.7 Å². The third-order valence-electron chi connectivity index (χ3n) is 10.5. The molecule has 1 aliphatic heterocycles. The molecule has 0 radical (unpaired) electrons. The summed E-state index contributed by atoms with van der Waals surface area (Å²) in [4.78, 5) is 75.4. The Morgan fingerprint density at radius 3 is 2.39 bits per heavy atom. The molecule has 62 heavy (non-hydrogen) atoms. The molecule has 4 aromatic rings. The molecular formula is C46H55N9O7. The van der Waals surface area contributed by atoms with Gasteiger partial charge in [0.1, 0.15) is 48.8 Å². The molecule has 5 amide bonds. The molecule has 0 fully saturated rings. The Morgan fingerprint density at radius 2 is 1.73 bits per heavy atom. The molecule has 5 rings (SSSR count). The van der Waals surface area contributed by atoms with E-state index in [1.807, 2.05) is 18.2 Å². The van der Waals surface area contributed by atoms with Crippen molar-refractivity contribution in [2.45, 2.75) is 71.1 Å². The number of ether oxygens (including phenoxy) is 1. The molecular weight excluding hydrogens is 791 g/mol. The molecule has 2 heterocycles. The molecule has 4 bridgehead atoms. The average Bonchev–Trinajstić information content (AvgIpc) is 3.24. The zero-order chi connectivity index (χ0) is 45.1. The second-order valence-electron chi connectivity index (χ2n) is 15.7. The fourth-order valence-electron chi connectivity index (χ4n) is 7.33. The number of aromatic hydroxyl groups is 1. The predicted molar refractivity (Wildman–Crippen MR) is 233 cm³/mol. The van der Waals surface area contributed by atoms with Crippen LogP contribution in [-0.2, 0) is 32.0 Å². The highest BCUT2D eigenvalue weighted by Crippen LogP contribution is 2.39. The van der Waals surface area contributed by atoms with Gasteiger partial charge in [-0.25, -0.2) is 0 Å². The number of carbonyl (C=O) groups excluding carboxylic acids is 5. The third-order valence-corrected chi connectivity index (χ3v) is 10.5. The standard InChI is InChI=1S/C46H55N9O7/c1-26(2)22-29-6-9-31(10-7-29)36-13-12-33(27(3)51-36)43(58)53-37(16-17-47)46(61)55(5)41-32-11-15-40(62-21-19-49)35(25-32)34-23-30(8-14-39(34)56)24-38(44(59)50-20-18-48)54-42(57)28(4)52-45(41)60/h6-15,23,25-26,28,37-38,41,56H,16-17,19-22,24,47,49H2,1-5H3,(H,50,59)(H,52,60)(H,53,58)(H,54,57)/t28-,37-,38-,41-/m0/s1. The Kier molecular flexibility index (Phi) is 15.7. The summed E-state index contributed by atoms with van der Waals surface area (Å²) in [6, 6.07) is 17.8. The summed E-state index contributed by atoms with van der Waals surface area (Å²) < 4.78 is 5.97. The number of nitriles is 1. The van der Waals surface area contributed by atoms with E-state index in [-0.39, 0.29) is 61.5 Å². The molecule has 16 nitrogen and oxygen atoms in total. The van der Waals surface area contributed by atoms with Gasteiger partial charge < -0.3 is 47.5 Å². The van der Waals surface area contributed by atoms with Crippen molar-refractivity contribution >= 4 is 29.5 Å². The van der Waals surface area contributed by atoms with Gasteiger partial charge in [0.05, 0.1) is 23.0 Å². The Morgan fingerprint density at radius 1 is 0.984 bits per heavy atom. The normalized spacial score (nSPS) is 16.8. The van der Waals surface area contributed by atoms with E-state index >= 15 is 0 Å². The van der Waals surface area contributed by atoms with Crippen LogP contribution in [0.4, 0.5) is 0 Å². The van der Waals surface area contributed by atoms with E-state index in [0.717, 1.165) is 16.9 Å². The van der Waals surface area contributed by atoms with Gasteiger partial charge >= 0.3 is 0 Å². The first-order chi connectivity index (χ1) is 29.6. The highest BCUT2D eigenvalue weighted by molar-refractivity contribution is 6.00. The second-order valence-corrected chi connectivity index (χ2v) is 15.7. The highest BCUT2D eigenvalue weighted by Gasteiger charge is 2.36. The summed E-state index contributed by atoms with van der Waals surface area (Å²) in [5.41, 5.74) is 16.7. The van der Waals surface area contributed by atoms with Gasteiger partial charge in [-0.3, -0.25) is 29.0 Å². The van der Waals surface area contributed by atoms with Gasteiger partial charge in [-0.1, -0.05) is 50.2 Å². The number of hydrogen-bond acceptors (Lipinski definition) is 11. The van der Waals surface area contributed by atoms with E-state index in [0.29, 0.717) is 34.2 Å². The van der Waals surface area contributed by atoms with Gasteiger partial charge in [-0.15, -0.1) is 0 Å².